The van der Waals surface area contributed by atoms with Gasteiger partial charge < -0.3 is 20.9 Å². The molecule has 178 valence electrons. The molecule has 9 heteroatoms. The topological polar surface area (TPSA) is 115 Å². The number of urea groups is 1. The molecular weight excluding hydrogens is 464 g/mol. The van der Waals surface area contributed by atoms with Gasteiger partial charge in [-0.15, -0.1) is 0 Å². The predicted octanol–water partition coefficient (Wildman–Crippen LogP) is 5.97. The third-order valence-electron chi connectivity index (χ3n) is 6.44. The number of fused-ring (bicyclic) bond motifs is 1. The highest BCUT2D eigenvalue weighted by atomic mass is 35.5. The second kappa shape index (κ2) is 9.38. The molecule has 0 saturated heterocycles. The number of para-hydroxylation sites is 1. The van der Waals surface area contributed by atoms with E-state index in [1.165, 1.54) is 6.33 Å². The Kier molecular flexibility index (Phi) is 6.13. The smallest absolute Gasteiger partial charge is 0.323 e. The summed E-state index contributed by atoms with van der Waals surface area (Å²) in [5, 5.41) is 6.56. The van der Waals surface area contributed by atoms with E-state index < -0.39 is 6.03 Å². The number of nitrogens with one attached hydrogen (secondary N) is 2. The molecule has 0 atom stereocenters. The van der Waals surface area contributed by atoms with E-state index in [1.54, 1.807) is 30.3 Å². The van der Waals surface area contributed by atoms with Crippen LogP contribution in [0.3, 0.4) is 0 Å². The van der Waals surface area contributed by atoms with Gasteiger partial charge in [-0.2, -0.15) is 0 Å². The molecule has 4 aromatic rings. The highest BCUT2D eigenvalue weighted by Crippen LogP contribution is 2.35. The van der Waals surface area contributed by atoms with Gasteiger partial charge >= 0.3 is 6.03 Å². The second-order valence-electron chi connectivity index (χ2n) is 8.77. The summed E-state index contributed by atoms with van der Waals surface area (Å²) in [6.07, 6.45) is 7.67. The van der Waals surface area contributed by atoms with Crippen LogP contribution in [0.25, 0.3) is 11.0 Å². The van der Waals surface area contributed by atoms with Crippen LogP contribution in [-0.2, 0) is 0 Å². The van der Waals surface area contributed by atoms with Gasteiger partial charge in [0.1, 0.15) is 17.8 Å². The van der Waals surface area contributed by atoms with Crippen molar-refractivity contribution in [2.75, 3.05) is 16.4 Å². The molecule has 2 amide bonds. The summed E-state index contributed by atoms with van der Waals surface area (Å²) < 4.78 is 2.06. The number of nitrogens with two attached hydrogens (primary N) is 1. The summed E-state index contributed by atoms with van der Waals surface area (Å²) in [6, 6.07) is 12.0. The molecule has 0 spiro atoms. The van der Waals surface area contributed by atoms with E-state index in [-0.39, 0.29) is 11.6 Å². The summed E-state index contributed by atoms with van der Waals surface area (Å²) in [6.45, 7) is 1.86. The van der Waals surface area contributed by atoms with Crippen LogP contribution in [0.4, 0.5) is 22.0 Å². The molecular formula is C26H25ClN6O2. The zero-order chi connectivity index (χ0) is 24.5. The summed E-state index contributed by atoms with van der Waals surface area (Å²) >= 11 is 6.21. The summed E-state index contributed by atoms with van der Waals surface area (Å²) in [5.74, 6) is 0.0677. The molecule has 2 heterocycles. The van der Waals surface area contributed by atoms with Gasteiger partial charge in [0.15, 0.2) is 5.78 Å². The fourth-order valence-corrected chi connectivity index (χ4v) is 4.97. The molecule has 5 rings (SSSR count). The summed E-state index contributed by atoms with van der Waals surface area (Å²) in [4.78, 5) is 34.8. The molecule has 2 aromatic carbocycles. The lowest BCUT2D eigenvalue weighted by atomic mass is 10.0. The number of hydrogen-bond acceptors (Lipinski definition) is 5. The number of nitrogens with zero attached hydrogens (tertiary/aromatic N) is 3. The Labute approximate surface area is 207 Å². The minimum Gasteiger partial charge on any atom is -0.383 e. The number of ketones is 1. The molecule has 2 aromatic heterocycles. The molecule has 4 N–H and O–H groups in total. The van der Waals surface area contributed by atoms with Crippen LogP contribution in [0.2, 0.25) is 5.02 Å². The van der Waals surface area contributed by atoms with E-state index in [9.17, 15) is 9.59 Å². The Morgan fingerprint density at radius 2 is 1.86 bits per heavy atom. The SMILES string of the molecule is Cc1cccc(Cl)c1NC(=O)Nc1cccc(C(=O)c2cn(C3CCCC3)c3ncnc(N)c23)c1. The van der Waals surface area contributed by atoms with Crippen LogP contribution in [0.15, 0.2) is 55.0 Å². The molecule has 0 bridgehead atoms. The number of carbonyl (C=O) groups excluding carboxylic acids is 2. The zero-order valence-corrected chi connectivity index (χ0v) is 20.0. The number of hydrogen-bond donors (Lipinski definition) is 3. The average Bonchev–Trinajstić information content (AvgIpc) is 3.50. The normalized spacial score (nSPS) is 13.8. The second-order valence-corrected chi connectivity index (χ2v) is 9.17. The molecule has 1 aliphatic carbocycles. The van der Waals surface area contributed by atoms with Gasteiger partial charge in [-0.25, -0.2) is 14.8 Å². The average molecular weight is 489 g/mol. The molecule has 8 nitrogen and oxygen atoms in total. The number of halogens is 1. The number of rotatable bonds is 5. The summed E-state index contributed by atoms with van der Waals surface area (Å²) in [7, 11) is 0. The molecule has 0 radical (unpaired) electrons. The molecule has 0 aliphatic heterocycles. The van der Waals surface area contributed by atoms with Gasteiger partial charge in [-0.3, -0.25) is 4.79 Å². The highest BCUT2D eigenvalue weighted by Gasteiger charge is 2.25. The van der Waals surface area contributed by atoms with E-state index in [2.05, 4.69) is 25.2 Å². The van der Waals surface area contributed by atoms with Crippen LogP contribution >= 0.6 is 11.6 Å². The van der Waals surface area contributed by atoms with Gasteiger partial charge in [-0.1, -0.05) is 48.7 Å². The minimum atomic E-state index is -0.457. The maximum Gasteiger partial charge on any atom is 0.323 e. The Bertz CT molecular complexity index is 1420. The lowest BCUT2D eigenvalue weighted by Crippen LogP contribution is -2.20. The minimum absolute atomic E-state index is 0.209. The molecule has 1 aliphatic rings. The lowest BCUT2D eigenvalue weighted by Gasteiger charge is -2.12. The van der Waals surface area contributed by atoms with Crippen molar-refractivity contribution in [3.8, 4) is 0 Å². The third-order valence-corrected chi connectivity index (χ3v) is 6.76. The van der Waals surface area contributed by atoms with Crippen molar-refractivity contribution in [3.63, 3.8) is 0 Å². The molecule has 1 saturated carbocycles. The molecule has 35 heavy (non-hydrogen) atoms. The zero-order valence-electron chi connectivity index (χ0n) is 19.2. The van der Waals surface area contributed by atoms with Crippen molar-refractivity contribution in [3.05, 3.63) is 76.7 Å². The van der Waals surface area contributed by atoms with Crippen molar-refractivity contribution < 1.29 is 9.59 Å². The fraction of sp³-hybridized carbons (Fsp3) is 0.231. The quantitative estimate of drug-likeness (QED) is 0.299. The Morgan fingerprint density at radius 3 is 2.63 bits per heavy atom. The van der Waals surface area contributed by atoms with E-state index >= 15 is 0 Å². The maximum absolute atomic E-state index is 13.6. The van der Waals surface area contributed by atoms with Gasteiger partial charge in [0.25, 0.3) is 0 Å². The Morgan fingerprint density at radius 1 is 1.09 bits per heavy atom. The first kappa shape index (κ1) is 22.9. The van der Waals surface area contributed by atoms with Crippen molar-refractivity contribution in [2.24, 2.45) is 0 Å². The van der Waals surface area contributed by atoms with E-state index in [0.717, 1.165) is 31.2 Å². The predicted molar refractivity (Wildman–Crippen MR) is 138 cm³/mol. The van der Waals surface area contributed by atoms with E-state index in [0.29, 0.717) is 44.6 Å². The van der Waals surface area contributed by atoms with E-state index in [4.69, 9.17) is 17.3 Å². The molecule has 1 fully saturated rings. The van der Waals surface area contributed by atoms with Crippen molar-refractivity contribution >= 4 is 51.6 Å². The van der Waals surface area contributed by atoms with Gasteiger partial charge in [0.05, 0.1) is 21.7 Å². The number of carbonyl (C=O) groups is 2. The number of benzene rings is 2. The van der Waals surface area contributed by atoms with Crippen LogP contribution in [0, 0.1) is 6.92 Å². The number of nitrogen functional groups attached to an aromatic ring is 1. The number of amides is 2. The van der Waals surface area contributed by atoms with Crippen LogP contribution in [0.5, 0.6) is 0 Å². The largest absolute Gasteiger partial charge is 0.383 e. The Hall–Kier alpha value is -3.91. The van der Waals surface area contributed by atoms with Crippen molar-refractivity contribution in [1.82, 2.24) is 14.5 Å². The van der Waals surface area contributed by atoms with E-state index in [1.807, 2.05) is 25.3 Å². The lowest BCUT2D eigenvalue weighted by molar-refractivity contribution is 0.104. The first-order valence-electron chi connectivity index (χ1n) is 11.5. The van der Waals surface area contributed by atoms with Gasteiger partial charge in [0, 0.05) is 23.5 Å². The number of aromatic nitrogens is 3. The van der Waals surface area contributed by atoms with Crippen LogP contribution in [-0.4, -0.2) is 26.3 Å². The third kappa shape index (κ3) is 4.44. The maximum atomic E-state index is 13.6. The monoisotopic (exact) mass is 488 g/mol. The number of aryl methyl sites for hydroxylation is 1. The fourth-order valence-electron chi connectivity index (χ4n) is 4.70. The van der Waals surface area contributed by atoms with Crippen molar-refractivity contribution in [2.45, 2.75) is 38.6 Å². The van der Waals surface area contributed by atoms with Crippen LogP contribution in [0.1, 0.15) is 53.2 Å². The summed E-state index contributed by atoms with van der Waals surface area (Å²) in [5.41, 5.74) is 9.59. The number of anilines is 3. The standard InChI is InChI=1S/C26H25ClN6O2/c1-15-6-4-11-20(27)22(15)32-26(35)31-17-8-5-7-16(12-17)23(34)19-13-33(18-9-2-3-10-18)25-21(19)24(28)29-14-30-25/h4-8,11-14,18H,2-3,9-10H2,1H3,(H2,28,29,30)(H2,31,32,35). The first-order valence-corrected chi connectivity index (χ1v) is 11.9. The first-order chi connectivity index (χ1) is 16.9. The Balaban J connectivity index is 1.43. The van der Waals surface area contributed by atoms with Crippen molar-refractivity contribution in [1.29, 1.82) is 0 Å². The van der Waals surface area contributed by atoms with Crippen LogP contribution < -0.4 is 16.4 Å². The highest BCUT2D eigenvalue weighted by molar-refractivity contribution is 6.34. The van der Waals surface area contributed by atoms with Gasteiger partial charge in [0.2, 0.25) is 0 Å². The molecule has 0 unspecified atom stereocenters. The van der Waals surface area contributed by atoms with Gasteiger partial charge in [-0.05, 0) is 43.5 Å².